The third kappa shape index (κ3) is 3.58. The SMILES string of the molecule is Cc1n[nH]c(C(O)CN)c1C(O)CN.Cl.Cl. The van der Waals surface area contributed by atoms with Gasteiger partial charge in [0.15, 0.2) is 0 Å². The number of aromatic amines is 1. The molecule has 2 unspecified atom stereocenters. The second-order valence-corrected chi connectivity index (χ2v) is 3.14. The van der Waals surface area contributed by atoms with Crippen molar-refractivity contribution in [2.45, 2.75) is 19.1 Å². The molecule has 16 heavy (non-hydrogen) atoms. The Kier molecular flexibility index (Phi) is 8.81. The van der Waals surface area contributed by atoms with E-state index in [4.69, 9.17) is 11.5 Å². The molecule has 1 aromatic heterocycles. The fourth-order valence-corrected chi connectivity index (χ4v) is 1.37. The molecule has 0 aliphatic carbocycles. The second-order valence-electron chi connectivity index (χ2n) is 3.14. The first-order chi connectivity index (χ1) is 6.61. The standard InChI is InChI=1S/C8H16N4O2.2ClH/c1-4-7(5(13)2-9)8(12-11-4)6(14)3-10;;/h5-6,13-14H,2-3,9-10H2,1H3,(H,11,12);2*1H. The minimum absolute atomic E-state index is 0. The van der Waals surface area contributed by atoms with Crippen molar-refractivity contribution in [2.75, 3.05) is 13.1 Å². The number of hydrogen-bond donors (Lipinski definition) is 5. The zero-order chi connectivity index (χ0) is 10.7. The van der Waals surface area contributed by atoms with Crippen molar-refractivity contribution in [3.8, 4) is 0 Å². The summed E-state index contributed by atoms with van der Waals surface area (Å²) in [4.78, 5) is 0. The third-order valence-electron chi connectivity index (χ3n) is 2.14. The van der Waals surface area contributed by atoms with Crippen LogP contribution in [0.1, 0.15) is 29.2 Å². The van der Waals surface area contributed by atoms with E-state index in [1.807, 2.05) is 0 Å². The van der Waals surface area contributed by atoms with Crippen molar-refractivity contribution in [2.24, 2.45) is 11.5 Å². The average molecular weight is 273 g/mol. The zero-order valence-electron chi connectivity index (χ0n) is 8.88. The zero-order valence-corrected chi connectivity index (χ0v) is 10.5. The predicted octanol–water partition coefficient (Wildman–Crippen LogP) is -0.454. The summed E-state index contributed by atoms with van der Waals surface area (Å²) in [6.07, 6.45) is -1.66. The minimum atomic E-state index is -0.840. The van der Waals surface area contributed by atoms with E-state index in [-0.39, 0.29) is 37.9 Å². The van der Waals surface area contributed by atoms with Crippen LogP contribution in [0.15, 0.2) is 0 Å². The van der Waals surface area contributed by atoms with Gasteiger partial charge in [-0.1, -0.05) is 0 Å². The van der Waals surface area contributed by atoms with Crippen LogP contribution in [0.4, 0.5) is 0 Å². The summed E-state index contributed by atoms with van der Waals surface area (Å²) in [5, 5.41) is 25.6. The summed E-state index contributed by atoms with van der Waals surface area (Å²) < 4.78 is 0. The number of aliphatic hydroxyl groups is 2. The molecule has 0 aromatic carbocycles. The number of aliphatic hydroxyl groups excluding tert-OH is 2. The highest BCUT2D eigenvalue weighted by Gasteiger charge is 2.21. The first-order valence-corrected chi connectivity index (χ1v) is 4.42. The maximum absolute atomic E-state index is 9.59. The summed E-state index contributed by atoms with van der Waals surface area (Å²) >= 11 is 0. The van der Waals surface area contributed by atoms with Crippen LogP contribution in [0.5, 0.6) is 0 Å². The first kappa shape index (κ1) is 18.0. The molecule has 7 N–H and O–H groups in total. The number of nitrogens with one attached hydrogen (secondary N) is 1. The molecule has 6 nitrogen and oxygen atoms in total. The van der Waals surface area contributed by atoms with Gasteiger partial charge in [-0.25, -0.2) is 0 Å². The lowest BCUT2D eigenvalue weighted by atomic mass is 10.0. The third-order valence-corrected chi connectivity index (χ3v) is 2.14. The van der Waals surface area contributed by atoms with Gasteiger partial charge in [0.05, 0.1) is 17.5 Å². The molecule has 1 rings (SSSR count). The van der Waals surface area contributed by atoms with Crippen molar-refractivity contribution in [3.63, 3.8) is 0 Å². The molecule has 0 spiro atoms. The van der Waals surface area contributed by atoms with Crippen LogP contribution in [0.2, 0.25) is 0 Å². The molecular formula is C8H18Cl2N4O2. The molecule has 96 valence electrons. The summed E-state index contributed by atoms with van der Waals surface area (Å²) in [6, 6.07) is 0. The van der Waals surface area contributed by atoms with Crippen LogP contribution in [0, 0.1) is 6.92 Å². The van der Waals surface area contributed by atoms with Gasteiger partial charge in [-0.15, -0.1) is 24.8 Å². The fraction of sp³-hybridized carbons (Fsp3) is 0.625. The van der Waals surface area contributed by atoms with Crippen molar-refractivity contribution in [3.05, 3.63) is 17.0 Å². The lowest BCUT2D eigenvalue weighted by Gasteiger charge is -2.12. The number of rotatable bonds is 4. The molecule has 0 saturated carbocycles. The largest absolute Gasteiger partial charge is 0.387 e. The van der Waals surface area contributed by atoms with E-state index in [1.54, 1.807) is 6.92 Å². The normalized spacial score (nSPS) is 13.6. The predicted molar refractivity (Wildman–Crippen MR) is 65.8 cm³/mol. The molecule has 0 radical (unpaired) electrons. The highest BCUT2D eigenvalue weighted by Crippen LogP contribution is 2.23. The number of H-pyrrole nitrogens is 1. The van der Waals surface area contributed by atoms with Gasteiger partial charge in [0.25, 0.3) is 0 Å². The Hall–Kier alpha value is -0.370. The van der Waals surface area contributed by atoms with Crippen LogP contribution in [0.3, 0.4) is 0 Å². The lowest BCUT2D eigenvalue weighted by Crippen LogP contribution is -2.18. The Morgan fingerprint density at radius 2 is 1.69 bits per heavy atom. The van der Waals surface area contributed by atoms with Gasteiger partial charge in [-0.3, -0.25) is 5.10 Å². The van der Waals surface area contributed by atoms with Crippen LogP contribution < -0.4 is 11.5 Å². The minimum Gasteiger partial charge on any atom is -0.387 e. The van der Waals surface area contributed by atoms with Crippen LogP contribution >= 0.6 is 24.8 Å². The summed E-state index contributed by atoms with van der Waals surface area (Å²) in [5.41, 5.74) is 12.3. The summed E-state index contributed by atoms with van der Waals surface area (Å²) in [5.74, 6) is 0. The Morgan fingerprint density at radius 3 is 2.12 bits per heavy atom. The number of hydrogen-bond acceptors (Lipinski definition) is 5. The van der Waals surface area contributed by atoms with Crippen molar-refractivity contribution in [1.29, 1.82) is 0 Å². The molecular weight excluding hydrogens is 255 g/mol. The molecule has 8 heteroatoms. The maximum Gasteiger partial charge on any atom is 0.108 e. The van der Waals surface area contributed by atoms with Crippen LogP contribution in [0.25, 0.3) is 0 Å². The van der Waals surface area contributed by atoms with Gasteiger partial charge in [0, 0.05) is 18.7 Å². The Balaban J connectivity index is 0. The fourth-order valence-electron chi connectivity index (χ4n) is 1.37. The quantitative estimate of drug-likeness (QED) is 0.508. The Morgan fingerprint density at radius 1 is 1.19 bits per heavy atom. The number of aryl methyl sites for hydroxylation is 1. The van der Waals surface area contributed by atoms with E-state index in [1.165, 1.54) is 0 Å². The lowest BCUT2D eigenvalue weighted by molar-refractivity contribution is 0.160. The second kappa shape index (κ2) is 7.83. The summed E-state index contributed by atoms with van der Waals surface area (Å²) in [7, 11) is 0. The number of nitrogens with two attached hydrogens (primary N) is 2. The van der Waals surface area contributed by atoms with E-state index in [9.17, 15) is 10.2 Å². The van der Waals surface area contributed by atoms with E-state index in [0.29, 0.717) is 17.0 Å². The van der Waals surface area contributed by atoms with Gasteiger partial charge in [0.2, 0.25) is 0 Å². The van der Waals surface area contributed by atoms with Gasteiger partial charge >= 0.3 is 0 Å². The Bertz CT molecular complexity index is 308. The maximum atomic E-state index is 9.59. The average Bonchev–Trinajstić information content (AvgIpc) is 2.58. The monoisotopic (exact) mass is 272 g/mol. The molecule has 1 heterocycles. The highest BCUT2D eigenvalue weighted by atomic mass is 35.5. The van der Waals surface area contributed by atoms with Gasteiger partial charge < -0.3 is 21.7 Å². The molecule has 0 aliphatic heterocycles. The van der Waals surface area contributed by atoms with Crippen molar-refractivity contribution in [1.82, 2.24) is 10.2 Å². The van der Waals surface area contributed by atoms with Crippen LogP contribution in [-0.4, -0.2) is 33.5 Å². The molecule has 0 bridgehead atoms. The highest BCUT2D eigenvalue weighted by molar-refractivity contribution is 5.85. The van der Waals surface area contributed by atoms with Gasteiger partial charge in [0.1, 0.15) is 6.10 Å². The molecule has 2 atom stereocenters. The van der Waals surface area contributed by atoms with Crippen molar-refractivity contribution >= 4 is 24.8 Å². The molecule has 0 fully saturated rings. The number of aromatic nitrogens is 2. The van der Waals surface area contributed by atoms with Crippen LogP contribution in [-0.2, 0) is 0 Å². The number of halogens is 2. The molecule has 0 saturated heterocycles. The summed E-state index contributed by atoms with van der Waals surface area (Å²) in [6.45, 7) is 1.90. The molecule has 0 aliphatic rings. The molecule has 1 aromatic rings. The smallest absolute Gasteiger partial charge is 0.108 e. The van der Waals surface area contributed by atoms with E-state index in [0.717, 1.165) is 0 Å². The first-order valence-electron chi connectivity index (χ1n) is 4.42. The molecule has 0 amide bonds. The van der Waals surface area contributed by atoms with E-state index in [2.05, 4.69) is 10.2 Å². The van der Waals surface area contributed by atoms with E-state index < -0.39 is 12.2 Å². The van der Waals surface area contributed by atoms with Gasteiger partial charge in [-0.2, -0.15) is 5.10 Å². The Labute approximate surface area is 106 Å². The van der Waals surface area contributed by atoms with Crippen molar-refractivity contribution < 1.29 is 10.2 Å². The number of nitrogens with zero attached hydrogens (tertiary/aromatic N) is 1. The topological polar surface area (TPSA) is 121 Å². The van der Waals surface area contributed by atoms with Gasteiger partial charge in [-0.05, 0) is 6.92 Å². The van der Waals surface area contributed by atoms with E-state index >= 15 is 0 Å².